The summed E-state index contributed by atoms with van der Waals surface area (Å²) >= 11 is 0. The molecule has 1 amide bonds. The average Bonchev–Trinajstić information content (AvgIpc) is 2.91. The lowest BCUT2D eigenvalue weighted by Crippen LogP contribution is -2.45. The number of nitriles is 1. The van der Waals surface area contributed by atoms with Crippen LogP contribution < -0.4 is 5.32 Å². The van der Waals surface area contributed by atoms with E-state index in [4.69, 9.17) is 0 Å². The Labute approximate surface area is 205 Å². The number of benzene rings is 1. The Morgan fingerprint density at radius 2 is 1.89 bits per heavy atom. The van der Waals surface area contributed by atoms with Crippen LogP contribution in [-0.2, 0) is 12.0 Å². The van der Waals surface area contributed by atoms with Gasteiger partial charge in [0.05, 0.1) is 29.1 Å². The monoisotopic (exact) mass is 469 g/mol. The van der Waals surface area contributed by atoms with Gasteiger partial charge in [0.25, 0.3) is 5.91 Å². The van der Waals surface area contributed by atoms with E-state index in [9.17, 15) is 15.2 Å². The maximum absolute atomic E-state index is 13.1. The highest BCUT2D eigenvalue weighted by molar-refractivity contribution is 5.96. The second-order valence-corrected chi connectivity index (χ2v) is 9.82. The molecule has 2 atom stereocenters. The topological polar surface area (TPSA) is 102 Å². The van der Waals surface area contributed by atoms with Crippen molar-refractivity contribution in [3.63, 3.8) is 0 Å². The van der Waals surface area contributed by atoms with Crippen LogP contribution >= 0.6 is 0 Å². The fourth-order valence-corrected chi connectivity index (χ4v) is 5.49. The van der Waals surface area contributed by atoms with Crippen LogP contribution in [0.4, 0.5) is 0 Å². The van der Waals surface area contributed by atoms with Crippen molar-refractivity contribution in [2.45, 2.75) is 62.6 Å². The molecular weight excluding hydrogens is 438 g/mol. The number of carbonyl (C=O) groups excluding carboxylic acids is 1. The zero-order valence-electron chi connectivity index (χ0n) is 19.9. The van der Waals surface area contributed by atoms with Gasteiger partial charge in [0.2, 0.25) is 0 Å². The minimum atomic E-state index is -0.498. The lowest BCUT2D eigenvalue weighted by Gasteiger charge is -2.37. The molecule has 1 saturated carbocycles. The van der Waals surface area contributed by atoms with Crippen LogP contribution in [0.3, 0.4) is 0 Å². The molecule has 0 radical (unpaired) electrons. The van der Waals surface area contributed by atoms with Crippen LogP contribution in [0.15, 0.2) is 54.9 Å². The van der Waals surface area contributed by atoms with E-state index in [2.05, 4.69) is 26.3 Å². The zero-order chi connectivity index (χ0) is 24.3. The van der Waals surface area contributed by atoms with E-state index in [1.54, 1.807) is 12.4 Å². The highest BCUT2D eigenvalue weighted by Crippen LogP contribution is 2.35. The maximum Gasteiger partial charge on any atom is 0.270 e. The van der Waals surface area contributed by atoms with Gasteiger partial charge in [0.1, 0.15) is 5.69 Å². The maximum atomic E-state index is 13.1. The number of likely N-dealkylation sites (tertiary alicyclic amines) is 1. The Kier molecular flexibility index (Phi) is 6.76. The number of para-hydroxylation sites is 1. The summed E-state index contributed by atoms with van der Waals surface area (Å²) in [5, 5.41) is 24.3. The van der Waals surface area contributed by atoms with Crippen molar-refractivity contribution >= 4 is 16.8 Å². The minimum absolute atomic E-state index is 0.220. The van der Waals surface area contributed by atoms with Crippen molar-refractivity contribution in [2.24, 2.45) is 0 Å². The Bertz CT molecular complexity index is 1230. The number of fused-ring (bicyclic) bond motifs is 1. The van der Waals surface area contributed by atoms with Gasteiger partial charge in [-0.2, -0.15) is 5.26 Å². The Hall–Kier alpha value is -3.34. The summed E-state index contributed by atoms with van der Waals surface area (Å²) in [6.07, 6.45) is 8.03. The van der Waals surface area contributed by atoms with Crippen LogP contribution in [0.1, 0.15) is 60.1 Å². The number of piperidine rings is 1. The lowest BCUT2D eigenvalue weighted by molar-refractivity contribution is 0.0714. The van der Waals surface area contributed by atoms with E-state index in [-0.39, 0.29) is 11.9 Å². The van der Waals surface area contributed by atoms with Crippen molar-refractivity contribution < 1.29 is 9.90 Å². The quantitative estimate of drug-likeness (QED) is 0.591. The average molecular weight is 470 g/mol. The van der Waals surface area contributed by atoms with Crippen LogP contribution in [-0.4, -0.2) is 51.1 Å². The van der Waals surface area contributed by atoms with Crippen LogP contribution in [0.5, 0.6) is 0 Å². The van der Waals surface area contributed by atoms with E-state index >= 15 is 0 Å². The van der Waals surface area contributed by atoms with Crippen LogP contribution in [0, 0.1) is 11.3 Å². The molecule has 2 aromatic heterocycles. The van der Waals surface area contributed by atoms with Crippen molar-refractivity contribution in [3.05, 3.63) is 71.7 Å². The standard InChI is InChI=1S/C28H31N5O2/c29-19-28(21-9-13-30-14-10-21)11-15-33(16-12-28)18-20-17-25(31-23-6-2-1-5-22(20)23)27(35)32-24-7-3-4-8-26(24)34/h1-2,5-6,9-10,13-14,17,24,26,34H,3-4,7-8,11-12,15-16,18H2,(H,32,35)/t24-,26-/m0/s1. The first-order valence-corrected chi connectivity index (χ1v) is 12.5. The number of aromatic nitrogens is 2. The molecule has 35 heavy (non-hydrogen) atoms. The van der Waals surface area contributed by atoms with Crippen molar-refractivity contribution in [1.29, 1.82) is 5.26 Å². The molecule has 2 aliphatic rings. The molecule has 5 rings (SSSR count). The molecule has 1 aromatic carbocycles. The predicted molar refractivity (Wildman–Crippen MR) is 134 cm³/mol. The van der Waals surface area contributed by atoms with Gasteiger partial charge in [-0.25, -0.2) is 4.98 Å². The number of hydrogen-bond acceptors (Lipinski definition) is 6. The summed E-state index contributed by atoms with van der Waals surface area (Å²) in [6.45, 7) is 2.28. The molecule has 1 saturated heterocycles. The first-order chi connectivity index (χ1) is 17.1. The fraction of sp³-hybridized carbons (Fsp3) is 0.429. The highest BCUT2D eigenvalue weighted by Gasteiger charge is 2.36. The second kappa shape index (κ2) is 10.1. The molecule has 7 heteroatoms. The van der Waals surface area contributed by atoms with Crippen LogP contribution in [0.25, 0.3) is 10.9 Å². The molecule has 3 aromatic rings. The van der Waals surface area contributed by atoms with E-state index in [1.807, 2.05) is 42.5 Å². The van der Waals surface area contributed by atoms with Gasteiger partial charge in [-0.05, 0) is 61.1 Å². The third kappa shape index (κ3) is 4.90. The van der Waals surface area contributed by atoms with Gasteiger partial charge in [0.15, 0.2) is 0 Å². The van der Waals surface area contributed by atoms with E-state index in [0.717, 1.165) is 73.6 Å². The Balaban J connectivity index is 1.35. The van der Waals surface area contributed by atoms with Gasteiger partial charge in [0, 0.05) is 37.4 Å². The number of pyridine rings is 2. The molecule has 1 aliphatic heterocycles. The molecule has 3 heterocycles. The molecule has 180 valence electrons. The number of aliphatic hydroxyl groups is 1. The van der Waals surface area contributed by atoms with Crippen LogP contribution in [0.2, 0.25) is 0 Å². The summed E-state index contributed by atoms with van der Waals surface area (Å²) in [6, 6.07) is 16.1. The van der Waals surface area contributed by atoms with E-state index in [0.29, 0.717) is 12.2 Å². The van der Waals surface area contributed by atoms with Gasteiger partial charge >= 0.3 is 0 Å². The molecule has 7 nitrogen and oxygen atoms in total. The largest absolute Gasteiger partial charge is 0.391 e. The normalized spacial score (nSPS) is 22.4. The summed E-state index contributed by atoms with van der Waals surface area (Å²) in [7, 11) is 0. The molecule has 2 fully saturated rings. The first-order valence-electron chi connectivity index (χ1n) is 12.5. The molecular formula is C28H31N5O2. The third-order valence-corrected chi connectivity index (χ3v) is 7.63. The summed E-state index contributed by atoms with van der Waals surface area (Å²) in [5.41, 5.74) is 2.79. The Morgan fingerprint density at radius 3 is 2.63 bits per heavy atom. The van der Waals surface area contributed by atoms with Gasteiger partial charge in [-0.1, -0.05) is 31.0 Å². The predicted octanol–water partition coefficient (Wildman–Crippen LogP) is 3.72. The SMILES string of the molecule is N#CC1(c2ccncc2)CCN(Cc2cc(C(=O)N[C@H]3CCCC[C@@H]3O)nc3ccccc23)CC1. The zero-order valence-corrected chi connectivity index (χ0v) is 19.9. The Morgan fingerprint density at radius 1 is 1.14 bits per heavy atom. The molecule has 2 N–H and O–H groups in total. The number of rotatable bonds is 5. The molecule has 0 bridgehead atoms. The first kappa shape index (κ1) is 23.4. The summed E-state index contributed by atoms with van der Waals surface area (Å²) in [4.78, 5) is 24.2. The van der Waals surface area contributed by atoms with Crippen molar-refractivity contribution in [2.75, 3.05) is 13.1 Å². The third-order valence-electron chi connectivity index (χ3n) is 7.63. The number of hydrogen-bond donors (Lipinski definition) is 2. The smallest absolute Gasteiger partial charge is 0.270 e. The highest BCUT2D eigenvalue weighted by atomic mass is 16.3. The molecule has 0 spiro atoms. The molecule has 0 unspecified atom stereocenters. The number of amides is 1. The van der Waals surface area contributed by atoms with Gasteiger partial charge in [-0.15, -0.1) is 0 Å². The van der Waals surface area contributed by atoms with Gasteiger partial charge in [-0.3, -0.25) is 14.7 Å². The van der Waals surface area contributed by atoms with Crippen molar-refractivity contribution in [3.8, 4) is 6.07 Å². The van der Waals surface area contributed by atoms with E-state index < -0.39 is 11.5 Å². The number of nitrogens with one attached hydrogen (secondary N) is 1. The number of aliphatic hydroxyl groups excluding tert-OH is 1. The number of carbonyl (C=O) groups is 1. The summed E-state index contributed by atoms with van der Waals surface area (Å²) < 4.78 is 0. The van der Waals surface area contributed by atoms with Gasteiger partial charge < -0.3 is 10.4 Å². The minimum Gasteiger partial charge on any atom is -0.391 e. The number of nitrogens with zero attached hydrogens (tertiary/aromatic N) is 4. The van der Waals surface area contributed by atoms with E-state index in [1.165, 1.54) is 0 Å². The molecule has 1 aliphatic carbocycles. The van der Waals surface area contributed by atoms with Crippen molar-refractivity contribution in [1.82, 2.24) is 20.2 Å². The lowest BCUT2D eigenvalue weighted by atomic mass is 9.74. The fourth-order valence-electron chi connectivity index (χ4n) is 5.49. The summed E-state index contributed by atoms with van der Waals surface area (Å²) in [5.74, 6) is -0.234. The second-order valence-electron chi connectivity index (χ2n) is 9.82.